The summed E-state index contributed by atoms with van der Waals surface area (Å²) >= 11 is 5.16. The average molecular weight is 263 g/mol. The first-order valence-corrected chi connectivity index (χ1v) is 5.81. The second-order valence-electron chi connectivity index (χ2n) is 2.79. The highest BCUT2D eigenvalue weighted by molar-refractivity contribution is 9.10. The van der Waals surface area contributed by atoms with E-state index in [1.165, 1.54) is 4.88 Å². The Balaban J connectivity index is 2.20. The highest BCUT2D eigenvalue weighted by Crippen LogP contribution is 2.24. The van der Waals surface area contributed by atoms with E-state index in [1.54, 1.807) is 11.3 Å². The van der Waals surface area contributed by atoms with Gasteiger partial charge in [0, 0.05) is 15.8 Å². The number of carboxylic acids is 1. The van der Waals surface area contributed by atoms with Gasteiger partial charge in [0.25, 0.3) is 0 Å². The lowest BCUT2D eigenvalue weighted by Gasteiger charge is -1.97. The molecule has 0 spiro atoms. The number of unbranched alkanes of at least 4 members (excludes halogenated alkanes) is 1. The van der Waals surface area contributed by atoms with Crippen molar-refractivity contribution in [3.05, 3.63) is 20.8 Å². The molecule has 0 aromatic carbocycles. The molecule has 13 heavy (non-hydrogen) atoms. The summed E-state index contributed by atoms with van der Waals surface area (Å²) in [5, 5.41) is 10.5. The quantitative estimate of drug-likeness (QED) is 0.827. The molecule has 2 nitrogen and oxygen atoms in total. The van der Waals surface area contributed by atoms with Gasteiger partial charge in [-0.05, 0) is 46.6 Å². The Morgan fingerprint density at radius 1 is 1.54 bits per heavy atom. The van der Waals surface area contributed by atoms with Crippen molar-refractivity contribution in [2.75, 3.05) is 0 Å². The molecule has 4 heteroatoms. The number of carboxylic acid groups (broad SMARTS) is 1. The molecule has 0 aliphatic heterocycles. The van der Waals surface area contributed by atoms with Crippen molar-refractivity contribution in [2.45, 2.75) is 25.7 Å². The lowest BCUT2D eigenvalue weighted by molar-refractivity contribution is -0.137. The van der Waals surface area contributed by atoms with Gasteiger partial charge in [-0.15, -0.1) is 11.3 Å². The molecule has 1 aromatic rings. The molecule has 0 atom stereocenters. The van der Waals surface area contributed by atoms with Crippen LogP contribution in [0.1, 0.15) is 24.1 Å². The fourth-order valence-electron chi connectivity index (χ4n) is 1.07. The fraction of sp³-hybridized carbons (Fsp3) is 0.444. The van der Waals surface area contributed by atoms with Gasteiger partial charge in [-0.2, -0.15) is 0 Å². The molecular formula is C9H11BrO2S. The molecular weight excluding hydrogens is 252 g/mol. The van der Waals surface area contributed by atoms with Crippen molar-refractivity contribution < 1.29 is 9.90 Å². The molecule has 0 radical (unpaired) electrons. The predicted molar refractivity (Wildman–Crippen MR) is 57.2 cm³/mol. The lowest BCUT2D eigenvalue weighted by atomic mass is 10.2. The van der Waals surface area contributed by atoms with Crippen LogP contribution in [0.15, 0.2) is 15.9 Å². The zero-order chi connectivity index (χ0) is 9.68. The molecule has 0 aliphatic carbocycles. The molecule has 1 rings (SSSR count). The molecule has 0 unspecified atom stereocenters. The number of halogens is 1. The topological polar surface area (TPSA) is 37.3 Å². The van der Waals surface area contributed by atoms with E-state index in [-0.39, 0.29) is 6.42 Å². The second-order valence-corrected chi connectivity index (χ2v) is 4.65. The van der Waals surface area contributed by atoms with Crippen LogP contribution in [0.2, 0.25) is 0 Å². The van der Waals surface area contributed by atoms with Gasteiger partial charge >= 0.3 is 5.97 Å². The summed E-state index contributed by atoms with van der Waals surface area (Å²) in [5.74, 6) is -0.703. The molecule has 0 saturated carbocycles. The van der Waals surface area contributed by atoms with Crippen LogP contribution in [0.4, 0.5) is 0 Å². The van der Waals surface area contributed by atoms with Gasteiger partial charge in [0.15, 0.2) is 0 Å². The van der Waals surface area contributed by atoms with Crippen molar-refractivity contribution in [1.82, 2.24) is 0 Å². The molecule has 72 valence electrons. The third-order valence-electron chi connectivity index (χ3n) is 1.74. The zero-order valence-corrected chi connectivity index (χ0v) is 9.53. The Labute approximate surface area is 89.7 Å². The van der Waals surface area contributed by atoms with Crippen LogP contribution in [0, 0.1) is 0 Å². The van der Waals surface area contributed by atoms with Gasteiger partial charge in [-0.25, -0.2) is 0 Å². The second kappa shape index (κ2) is 5.40. The molecule has 0 amide bonds. The van der Waals surface area contributed by atoms with Crippen LogP contribution in [0.5, 0.6) is 0 Å². The lowest BCUT2D eigenvalue weighted by Crippen LogP contribution is -1.94. The first-order chi connectivity index (χ1) is 6.20. The van der Waals surface area contributed by atoms with Crippen molar-refractivity contribution in [2.24, 2.45) is 0 Å². The summed E-state index contributed by atoms with van der Waals surface area (Å²) in [5.41, 5.74) is 0. The maximum absolute atomic E-state index is 10.2. The molecule has 0 bridgehead atoms. The third-order valence-corrected chi connectivity index (χ3v) is 3.72. The van der Waals surface area contributed by atoms with Gasteiger partial charge < -0.3 is 5.11 Å². The number of aliphatic carboxylic acids is 1. The minimum atomic E-state index is -0.703. The van der Waals surface area contributed by atoms with Crippen LogP contribution in [-0.4, -0.2) is 11.1 Å². The molecule has 1 heterocycles. The van der Waals surface area contributed by atoms with E-state index >= 15 is 0 Å². The molecule has 0 fully saturated rings. The number of hydrogen-bond acceptors (Lipinski definition) is 2. The fourth-order valence-corrected chi connectivity index (χ4v) is 2.66. The molecule has 0 aliphatic rings. The monoisotopic (exact) mass is 262 g/mol. The Hall–Kier alpha value is -0.350. The summed E-state index contributed by atoms with van der Waals surface area (Å²) in [7, 11) is 0. The summed E-state index contributed by atoms with van der Waals surface area (Å²) in [6, 6.07) is 2.02. The van der Waals surface area contributed by atoms with Crippen LogP contribution >= 0.6 is 27.3 Å². The number of hydrogen-bond donors (Lipinski definition) is 1. The van der Waals surface area contributed by atoms with Crippen molar-refractivity contribution in [3.63, 3.8) is 0 Å². The first-order valence-electron chi connectivity index (χ1n) is 4.14. The summed E-state index contributed by atoms with van der Waals surface area (Å²) < 4.78 is 1.15. The Morgan fingerprint density at radius 2 is 2.31 bits per heavy atom. The minimum absolute atomic E-state index is 0.281. The number of thiophene rings is 1. The van der Waals surface area contributed by atoms with Gasteiger partial charge in [-0.1, -0.05) is 0 Å². The summed E-state index contributed by atoms with van der Waals surface area (Å²) in [6.45, 7) is 0. The Bertz CT molecular complexity index is 283. The van der Waals surface area contributed by atoms with Gasteiger partial charge in [0.1, 0.15) is 0 Å². The summed E-state index contributed by atoms with van der Waals surface area (Å²) in [4.78, 5) is 11.5. The zero-order valence-electron chi connectivity index (χ0n) is 7.12. The number of aryl methyl sites for hydroxylation is 1. The van der Waals surface area contributed by atoms with Gasteiger partial charge in [0.2, 0.25) is 0 Å². The molecule has 1 N–H and O–H groups in total. The Morgan fingerprint density at radius 3 is 2.85 bits per heavy atom. The molecule has 0 saturated heterocycles. The van der Waals surface area contributed by atoms with Crippen molar-refractivity contribution in [1.29, 1.82) is 0 Å². The van der Waals surface area contributed by atoms with Gasteiger partial charge in [-0.3, -0.25) is 4.79 Å². The normalized spacial score (nSPS) is 10.2. The van der Waals surface area contributed by atoms with E-state index in [4.69, 9.17) is 5.11 Å². The van der Waals surface area contributed by atoms with Crippen LogP contribution in [0.3, 0.4) is 0 Å². The number of carbonyl (C=O) groups is 1. The van der Waals surface area contributed by atoms with Crippen molar-refractivity contribution in [3.8, 4) is 0 Å². The largest absolute Gasteiger partial charge is 0.481 e. The Kier molecular flexibility index (Phi) is 4.45. The average Bonchev–Trinajstić information content (AvgIpc) is 2.45. The maximum atomic E-state index is 10.2. The van der Waals surface area contributed by atoms with E-state index in [2.05, 4.69) is 15.9 Å². The standard InChI is InChI=1S/C9H11BrO2S/c10-7-5-6-13-8(7)3-1-2-4-9(11)12/h5-6H,1-4H2,(H,11,12). The van der Waals surface area contributed by atoms with Crippen LogP contribution < -0.4 is 0 Å². The molecule has 1 aromatic heterocycles. The number of rotatable bonds is 5. The van der Waals surface area contributed by atoms with E-state index < -0.39 is 5.97 Å². The highest BCUT2D eigenvalue weighted by Gasteiger charge is 2.01. The maximum Gasteiger partial charge on any atom is 0.303 e. The summed E-state index contributed by atoms with van der Waals surface area (Å²) in [6.07, 6.45) is 2.97. The smallest absolute Gasteiger partial charge is 0.303 e. The van der Waals surface area contributed by atoms with Crippen LogP contribution in [0.25, 0.3) is 0 Å². The van der Waals surface area contributed by atoms with E-state index in [0.717, 1.165) is 23.7 Å². The van der Waals surface area contributed by atoms with E-state index in [1.807, 2.05) is 11.4 Å². The van der Waals surface area contributed by atoms with Gasteiger partial charge in [0.05, 0.1) is 0 Å². The first kappa shape index (κ1) is 10.7. The van der Waals surface area contributed by atoms with Crippen molar-refractivity contribution >= 4 is 33.2 Å². The highest BCUT2D eigenvalue weighted by atomic mass is 79.9. The van der Waals surface area contributed by atoms with Crippen LogP contribution in [-0.2, 0) is 11.2 Å². The third kappa shape index (κ3) is 3.91. The van der Waals surface area contributed by atoms with E-state index in [0.29, 0.717) is 0 Å². The minimum Gasteiger partial charge on any atom is -0.481 e. The predicted octanol–water partition coefficient (Wildman–Crippen LogP) is 3.31. The van der Waals surface area contributed by atoms with E-state index in [9.17, 15) is 4.79 Å². The SMILES string of the molecule is O=C(O)CCCCc1sccc1Br.